The van der Waals surface area contributed by atoms with Crippen molar-refractivity contribution in [1.82, 2.24) is 4.90 Å². The van der Waals surface area contributed by atoms with Gasteiger partial charge in [0.1, 0.15) is 23.7 Å². The van der Waals surface area contributed by atoms with Crippen LogP contribution in [0.5, 0.6) is 0 Å². The van der Waals surface area contributed by atoms with Gasteiger partial charge in [-0.2, -0.15) is 0 Å². The third-order valence-corrected chi connectivity index (χ3v) is 14.6. The summed E-state index contributed by atoms with van der Waals surface area (Å²) in [5.74, 6) is -7.70. The summed E-state index contributed by atoms with van der Waals surface area (Å²) in [6, 6.07) is -1.10. The van der Waals surface area contributed by atoms with Crippen LogP contribution in [-0.2, 0) is 38.2 Å². The van der Waals surface area contributed by atoms with Crippen LogP contribution < -0.4 is 0 Å². The monoisotopic (exact) mass is 882 g/mol. The van der Waals surface area contributed by atoms with Crippen LogP contribution in [0.2, 0.25) is 0 Å². The highest BCUT2D eigenvalue weighted by Crippen LogP contribution is 2.38. The number of Topliss-reactive ketones (excluding diaryl/α,β-unsaturated/α-hetero) is 3. The lowest BCUT2D eigenvalue weighted by Gasteiger charge is -2.42. The van der Waals surface area contributed by atoms with Gasteiger partial charge in [0, 0.05) is 50.2 Å². The number of hydrogen-bond donors (Lipinski definition) is 3. The van der Waals surface area contributed by atoms with Crippen LogP contribution in [0.15, 0.2) is 47.6 Å². The number of cyclic esters (lactones) is 1. The lowest BCUT2D eigenvalue weighted by atomic mass is 9.75. The van der Waals surface area contributed by atoms with Crippen molar-refractivity contribution in [3.8, 4) is 0 Å². The van der Waals surface area contributed by atoms with E-state index in [0.29, 0.717) is 56.9 Å². The Balaban J connectivity index is 1.68. The summed E-state index contributed by atoms with van der Waals surface area (Å²) in [4.78, 5) is 71.5. The van der Waals surface area contributed by atoms with Crippen molar-refractivity contribution >= 4 is 29.2 Å². The van der Waals surface area contributed by atoms with Crippen LogP contribution in [-0.4, -0.2) is 105 Å². The average molecular weight is 882 g/mol. The molecule has 0 radical (unpaired) electrons. The number of ether oxygens (including phenoxy) is 3. The van der Waals surface area contributed by atoms with E-state index in [-0.39, 0.29) is 66.6 Å². The lowest BCUT2D eigenvalue weighted by Crippen LogP contribution is -2.61. The molecule has 3 heterocycles. The first-order valence-electron chi connectivity index (χ1n) is 23.8. The number of carbonyl (C=O) groups is 5. The molecule has 15 atom stereocenters. The molecule has 1 aliphatic carbocycles. The highest BCUT2D eigenvalue weighted by molar-refractivity contribution is 6.39. The molecule has 12 heteroatoms. The summed E-state index contributed by atoms with van der Waals surface area (Å²) < 4.78 is 18.3. The molecule has 2 saturated heterocycles. The summed E-state index contributed by atoms with van der Waals surface area (Å²) in [5.41, 5.74) is 1.40. The van der Waals surface area contributed by atoms with E-state index in [1.165, 1.54) is 4.90 Å². The zero-order valence-electron chi connectivity index (χ0n) is 39.8. The normalized spacial score (nSPS) is 40.0. The Morgan fingerprint density at radius 1 is 0.873 bits per heavy atom. The molecule has 3 N–H and O–H groups in total. The number of fused-ring (bicyclic) bond motifs is 3. The lowest BCUT2D eigenvalue weighted by molar-refractivity contribution is -0.265. The van der Waals surface area contributed by atoms with Gasteiger partial charge in [-0.15, -0.1) is 0 Å². The predicted molar refractivity (Wildman–Crippen MR) is 242 cm³/mol. The third kappa shape index (κ3) is 13.9. The highest BCUT2D eigenvalue weighted by atomic mass is 16.6. The number of aliphatic hydroxyl groups is 3. The molecule has 3 aliphatic heterocycles. The maximum Gasteiger partial charge on any atom is 0.329 e. The molecule has 3 unspecified atom stereocenters. The molecule has 0 aromatic carbocycles. The quantitative estimate of drug-likeness (QED) is 0.146. The van der Waals surface area contributed by atoms with E-state index in [1.807, 2.05) is 65.0 Å². The van der Waals surface area contributed by atoms with E-state index in [2.05, 4.69) is 0 Å². The van der Waals surface area contributed by atoms with Crippen LogP contribution >= 0.6 is 0 Å². The van der Waals surface area contributed by atoms with Gasteiger partial charge in [-0.25, -0.2) is 4.79 Å². The molecule has 354 valence electrons. The fraction of sp³-hybridized carbons (Fsp3) is 0.745. The number of aliphatic hydroxyl groups excluding tert-OH is 2. The number of carbonyl (C=O) groups excluding carboxylic acids is 5. The van der Waals surface area contributed by atoms with Gasteiger partial charge < -0.3 is 34.4 Å². The molecule has 4 rings (SSSR count). The topological polar surface area (TPSA) is 177 Å². The van der Waals surface area contributed by atoms with Crippen molar-refractivity contribution in [1.29, 1.82) is 0 Å². The van der Waals surface area contributed by atoms with Gasteiger partial charge in [0.15, 0.2) is 0 Å². The molecule has 1 saturated carbocycles. The largest absolute Gasteiger partial charge is 0.460 e. The molecular formula is C51H79NO11. The summed E-state index contributed by atoms with van der Waals surface area (Å²) in [6.07, 6.45) is 14.2. The fourth-order valence-electron chi connectivity index (χ4n) is 10.2. The summed E-state index contributed by atoms with van der Waals surface area (Å²) >= 11 is 0. The van der Waals surface area contributed by atoms with Gasteiger partial charge in [-0.1, -0.05) is 84.9 Å². The number of piperidine rings is 1. The summed E-state index contributed by atoms with van der Waals surface area (Å²) in [5, 5.41) is 33.7. The number of allylic oxidation sites excluding steroid dienone is 6. The van der Waals surface area contributed by atoms with E-state index in [9.17, 15) is 39.3 Å². The first-order valence-corrected chi connectivity index (χ1v) is 23.8. The molecule has 0 aromatic heterocycles. The first-order chi connectivity index (χ1) is 29.7. The Hall–Kier alpha value is -3.29. The van der Waals surface area contributed by atoms with Crippen molar-refractivity contribution in [2.75, 3.05) is 13.7 Å². The molecule has 12 nitrogen and oxygen atoms in total. The second-order valence-electron chi connectivity index (χ2n) is 19.9. The highest BCUT2D eigenvalue weighted by Gasteiger charge is 2.53. The predicted octanol–water partition coefficient (Wildman–Crippen LogP) is 7.42. The molecule has 63 heavy (non-hydrogen) atoms. The van der Waals surface area contributed by atoms with Crippen molar-refractivity contribution in [2.24, 2.45) is 47.3 Å². The van der Waals surface area contributed by atoms with Gasteiger partial charge in [0.25, 0.3) is 11.7 Å². The van der Waals surface area contributed by atoms with Crippen molar-refractivity contribution in [3.05, 3.63) is 47.6 Å². The summed E-state index contributed by atoms with van der Waals surface area (Å²) in [7, 11) is 1.59. The maximum absolute atomic E-state index is 14.3. The summed E-state index contributed by atoms with van der Waals surface area (Å²) in [6.45, 7) is 16.8. The van der Waals surface area contributed by atoms with Crippen LogP contribution in [0.4, 0.5) is 0 Å². The molecule has 0 spiro atoms. The SMILES string of the molecule is CO[C@H]1C[C@@H]2CC[C@@H](C)[C@@](O)(O2)C(=O)C(=O)N2CCCC[C@H]2C(=O)OC([C@H](C)CC2CC[C@@H](O)[C@H](C)C2)CC(=O)[C@H](C)/C=C(\C)C(O)[C@@H](C)C(=O)[C@H](C)C[C@H](C)/C=C/C=CC=C1C. The first kappa shape index (κ1) is 52.3. The second kappa shape index (κ2) is 23.8. The van der Waals surface area contributed by atoms with Crippen LogP contribution in [0.3, 0.4) is 0 Å². The van der Waals surface area contributed by atoms with E-state index in [0.717, 1.165) is 18.4 Å². The Morgan fingerprint density at radius 3 is 2.27 bits per heavy atom. The fourth-order valence-corrected chi connectivity index (χ4v) is 10.2. The second-order valence-corrected chi connectivity index (χ2v) is 19.9. The standard InChI is InChI=1S/C51H79NO11/c1-30-16-12-11-13-17-31(2)44(61-10)28-40-21-19-37(8)51(60,63-40)48(57)49(58)52-23-15-14-18-41(52)50(59)62-45(34(5)27-39-20-22-42(53)33(4)26-39)29-43(54)32(3)25-36(7)47(56)38(9)46(55)35(6)24-30/h11-13,16-17,25,30,32-35,37-42,44-45,47,53,56,60H,14-15,18-24,26-29H2,1-10H3/b13-11?,16-12+,31-17?,36-25+/t30-,32-,33-,34-,35-,37-,38+,39?,40+,41+,42-,44+,45?,47?,51-/m1/s1. The molecular weight excluding hydrogens is 803 g/mol. The van der Waals surface area contributed by atoms with E-state index >= 15 is 0 Å². The van der Waals surface area contributed by atoms with Gasteiger partial charge in [0.05, 0.1) is 24.4 Å². The Morgan fingerprint density at radius 2 is 1.59 bits per heavy atom. The number of hydrogen-bond acceptors (Lipinski definition) is 11. The van der Waals surface area contributed by atoms with E-state index < -0.39 is 71.7 Å². The number of ketones is 3. The maximum atomic E-state index is 14.3. The number of amides is 1. The van der Waals surface area contributed by atoms with Gasteiger partial charge >= 0.3 is 5.97 Å². The Kier molecular flexibility index (Phi) is 19.7. The van der Waals surface area contributed by atoms with Crippen LogP contribution in [0.25, 0.3) is 0 Å². The van der Waals surface area contributed by atoms with Gasteiger partial charge in [-0.3, -0.25) is 19.2 Å². The van der Waals surface area contributed by atoms with E-state index in [4.69, 9.17) is 14.2 Å². The minimum Gasteiger partial charge on any atom is -0.460 e. The molecule has 2 bridgehead atoms. The Bertz CT molecular complexity index is 1720. The van der Waals surface area contributed by atoms with Crippen molar-refractivity contribution < 1.29 is 53.5 Å². The molecule has 4 aliphatic rings. The zero-order chi connectivity index (χ0) is 46.8. The van der Waals surface area contributed by atoms with Gasteiger partial charge in [-0.05, 0) is 113 Å². The number of rotatable bonds is 4. The van der Waals surface area contributed by atoms with Gasteiger partial charge in [0.2, 0.25) is 5.79 Å². The van der Waals surface area contributed by atoms with Crippen LogP contribution in [0, 0.1) is 47.3 Å². The van der Waals surface area contributed by atoms with Crippen LogP contribution in [0.1, 0.15) is 139 Å². The molecule has 1 amide bonds. The Labute approximate surface area is 376 Å². The number of methoxy groups -OCH3 is 1. The third-order valence-electron chi connectivity index (χ3n) is 14.6. The average Bonchev–Trinajstić information content (AvgIpc) is 3.25. The minimum atomic E-state index is -2.41. The smallest absolute Gasteiger partial charge is 0.329 e. The van der Waals surface area contributed by atoms with Crippen molar-refractivity contribution in [2.45, 2.75) is 182 Å². The number of esters is 1. The van der Waals surface area contributed by atoms with E-state index in [1.54, 1.807) is 40.9 Å². The van der Waals surface area contributed by atoms with Crippen molar-refractivity contribution in [3.63, 3.8) is 0 Å². The molecule has 3 fully saturated rings. The minimum absolute atomic E-state index is 0.0599. The number of nitrogens with zero attached hydrogens (tertiary/aromatic N) is 1. The molecule has 0 aromatic rings. The zero-order valence-corrected chi connectivity index (χ0v) is 39.8.